The second kappa shape index (κ2) is 7.82. The number of halogens is 1. The van der Waals surface area contributed by atoms with Gasteiger partial charge in [-0.15, -0.1) is 0 Å². The third-order valence-corrected chi connectivity index (χ3v) is 4.61. The van der Waals surface area contributed by atoms with Gasteiger partial charge in [-0.3, -0.25) is 4.79 Å². The molecule has 110 valence electrons. The van der Waals surface area contributed by atoms with E-state index in [2.05, 4.69) is 34.2 Å². The second-order valence-corrected chi connectivity index (χ2v) is 7.19. The van der Waals surface area contributed by atoms with Crippen molar-refractivity contribution < 1.29 is 4.79 Å². The Balaban J connectivity index is 1.94. The van der Waals surface area contributed by atoms with Crippen LogP contribution in [-0.2, 0) is 4.79 Å². The van der Waals surface area contributed by atoms with Gasteiger partial charge >= 0.3 is 0 Å². The normalized spacial score (nSPS) is 18.3. The molecule has 1 N–H and O–H groups in total. The van der Waals surface area contributed by atoms with E-state index in [1.807, 2.05) is 18.2 Å². The zero-order valence-corrected chi connectivity index (χ0v) is 13.8. The molecular formula is C17H24BrNO. The third kappa shape index (κ3) is 4.62. The van der Waals surface area contributed by atoms with E-state index in [1.54, 1.807) is 0 Å². The van der Waals surface area contributed by atoms with E-state index in [9.17, 15) is 4.79 Å². The summed E-state index contributed by atoms with van der Waals surface area (Å²) < 4.78 is 0. The molecule has 0 heterocycles. The number of para-hydroxylation sites is 1. The van der Waals surface area contributed by atoms with E-state index in [0.29, 0.717) is 12.3 Å². The van der Waals surface area contributed by atoms with Crippen molar-refractivity contribution in [1.82, 2.24) is 0 Å². The van der Waals surface area contributed by atoms with Crippen molar-refractivity contribution >= 4 is 27.5 Å². The molecule has 20 heavy (non-hydrogen) atoms. The van der Waals surface area contributed by atoms with Crippen LogP contribution in [0.15, 0.2) is 24.3 Å². The van der Waals surface area contributed by atoms with Crippen LogP contribution in [0.1, 0.15) is 62.3 Å². The van der Waals surface area contributed by atoms with Gasteiger partial charge in [0.2, 0.25) is 5.91 Å². The van der Waals surface area contributed by atoms with Gasteiger partial charge in [-0.05, 0) is 37.3 Å². The molecule has 0 saturated heterocycles. The molecule has 1 amide bonds. The van der Waals surface area contributed by atoms with Crippen LogP contribution in [0.3, 0.4) is 0 Å². The van der Waals surface area contributed by atoms with Crippen LogP contribution in [-0.4, -0.2) is 5.91 Å². The Hall–Kier alpha value is -0.830. The van der Waals surface area contributed by atoms with E-state index in [0.717, 1.165) is 11.3 Å². The molecule has 1 saturated carbocycles. The van der Waals surface area contributed by atoms with Crippen LogP contribution in [0.2, 0.25) is 0 Å². The fourth-order valence-electron chi connectivity index (χ4n) is 2.99. The predicted octanol–water partition coefficient (Wildman–Crippen LogP) is 5.44. The monoisotopic (exact) mass is 337 g/mol. The molecule has 1 atom stereocenters. The highest BCUT2D eigenvalue weighted by Gasteiger charge is 2.17. The van der Waals surface area contributed by atoms with Crippen molar-refractivity contribution in [2.24, 2.45) is 5.92 Å². The van der Waals surface area contributed by atoms with Crippen molar-refractivity contribution in [3.05, 3.63) is 29.8 Å². The van der Waals surface area contributed by atoms with Gasteiger partial charge in [-0.2, -0.15) is 0 Å². The molecule has 1 aromatic rings. The summed E-state index contributed by atoms with van der Waals surface area (Å²) in [6.07, 6.45) is 8.34. The summed E-state index contributed by atoms with van der Waals surface area (Å²) in [4.78, 5) is 12.5. The first-order chi connectivity index (χ1) is 9.66. The topological polar surface area (TPSA) is 29.1 Å². The lowest BCUT2D eigenvalue weighted by Gasteiger charge is -2.16. The zero-order valence-electron chi connectivity index (χ0n) is 12.2. The highest BCUT2D eigenvalue weighted by atomic mass is 79.9. The third-order valence-electron chi connectivity index (χ3n) is 4.11. The van der Waals surface area contributed by atoms with Crippen LogP contribution < -0.4 is 5.32 Å². The Kier molecular flexibility index (Phi) is 6.08. The summed E-state index contributed by atoms with van der Waals surface area (Å²) >= 11 is 3.58. The van der Waals surface area contributed by atoms with Gasteiger partial charge in [0.1, 0.15) is 0 Å². The number of amides is 1. The Morgan fingerprint density at radius 2 is 1.90 bits per heavy atom. The zero-order chi connectivity index (χ0) is 14.4. The minimum Gasteiger partial charge on any atom is -0.326 e. The van der Waals surface area contributed by atoms with Gasteiger partial charge in [0.15, 0.2) is 0 Å². The Morgan fingerprint density at radius 1 is 1.25 bits per heavy atom. The SMILES string of the molecule is CC(Br)c1ccccc1NC(=O)CC1CCCCCC1. The Labute approximate surface area is 130 Å². The predicted molar refractivity (Wildman–Crippen MR) is 88.2 cm³/mol. The number of carbonyl (C=O) groups is 1. The van der Waals surface area contributed by atoms with Gasteiger partial charge in [0, 0.05) is 16.9 Å². The second-order valence-electron chi connectivity index (χ2n) is 5.81. The van der Waals surface area contributed by atoms with Crippen molar-refractivity contribution in [3.63, 3.8) is 0 Å². The van der Waals surface area contributed by atoms with Gasteiger partial charge in [-0.1, -0.05) is 59.8 Å². The van der Waals surface area contributed by atoms with Crippen molar-refractivity contribution in [2.45, 2.75) is 56.7 Å². The molecule has 1 aliphatic rings. The molecule has 3 heteroatoms. The first-order valence-electron chi connectivity index (χ1n) is 7.69. The van der Waals surface area contributed by atoms with E-state index in [1.165, 1.54) is 38.5 Å². The number of anilines is 1. The standard InChI is InChI=1S/C17H24BrNO/c1-13(18)15-10-6-7-11-16(15)19-17(20)12-14-8-4-2-3-5-9-14/h6-7,10-11,13-14H,2-5,8-9,12H2,1H3,(H,19,20). The van der Waals surface area contributed by atoms with E-state index in [4.69, 9.17) is 0 Å². The molecule has 1 aliphatic carbocycles. The maximum atomic E-state index is 12.2. The first kappa shape index (κ1) is 15.6. The molecule has 1 fully saturated rings. The van der Waals surface area contributed by atoms with Crippen molar-refractivity contribution in [1.29, 1.82) is 0 Å². The molecule has 1 aromatic carbocycles. The average molecular weight is 338 g/mol. The summed E-state index contributed by atoms with van der Waals surface area (Å²) in [5.41, 5.74) is 2.08. The average Bonchev–Trinajstić information content (AvgIpc) is 2.67. The molecular weight excluding hydrogens is 314 g/mol. The molecule has 0 aromatic heterocycles. The Morgan fingerprint density at radius 3 is 2.55 bits per heavy atom. The smallest absolute Gasteiger partial charge is 0.224 e. The molecule has 0 spiro atoms. The van der Waals surface area contributed by atoms with Gasteiger partial charge < -0.3 is 5.32 Å². The quantitative estimate of drug-likeness (QED) is 0.575. The molecule has 2 nitrogen and oxygen atoms in total. The summed E-state index contributed by atoms with van der Waals surface area (Å²) in [7, 11) is 0. The van der Waals surface area contributed by atoms with E-state index in [-0.39, 0.29) is 10.7 Å². The van der Waals surface area contributed by atoms with Crippen LogP contribution in [0.5, 0.6) is 0 Å². The highest BCUT2D eigenvalue weighted by Crippen LogP contribution is 2.30. The lowest BCUT2D eigenvalue weighted by Crippen LogP contribution is -2.17. The van der Waals surface area contributed by atoms with Gasteiger partial charge in [-0.25, -0.2) is 0 Å². The van der Waals surface area contributed by atoms with Crippen LogP contribution in [0.4, 0.5) is 5.69 Å². The number of hydrogen-bond acceptors (Lipinski definition) is 1. The van der Waals surface area contributed by atoms with Crippen LogP contribution >= 0.6 is 15.9 Å². The molecule has 2 rings (SSSR count). The minimum atomic E-state index is 0.164. The van der Waals surface area contributed by atoms with Crippen molar-refractivity contribution in [3.8, 4) is 0 Å². The van der Waals surface area contributed by atoms with Gasteiger partial charge in [0.25, 0.3) is 0 Å². The lowest BCUT2D eigenvalue weighted by atomic mass is 9.96. The Bertz CT molecular complexity index is 436. The molecule has 1 unspecified atom stereocenters. The number of benzene rings is 1. The van der Waals surface area contributed by atoms with Crippen LogP contribution in [0, 0.1) is 5.92 Å². The van der Waals surface area contributed by atoms with E-state index >= 15 is 0 Å². The summed E-state index contributed by atoms with van der Waals surface area (Å²) in [5, 5.41) is 3.09. The molecule has 0 radical (unpaired) electrons. The number of hydrogen-bond donors (Lipinski definition) is 1. The lowest BCUT2D eigenvalue weighted by molar-refractivity contribution is -0.117. The number of nitrogens with one attached hydrogen (secondary N) is 1. The number of rotatable bonds is 4. The highest BCUT2D eigenvalue weighted by molar-refractivity contribution is 9.09. The maximum absolute atomic E-state index is 12.2. The first-order valence-corrected chi connectivity index (χ1v) is 8.61. The van der Waals surface area contributed by atoms with Gasteiger partial charge in [0.05, 0.1) is 0 Å². The largest absolute Gasteiger partial charge is 0.326 e. The number of carbonyl (C=O) groups excluding carboxylic acids is 1. The molecule has 0 bridgehead atoms. The van der Waals surface area contributed by atoms with E-state index < -0.39 is 0 Å². The summed E-state index contributed by atoms with van der Waals surface area (Å²) in [6.45, 7) is 2.08. The summed E-state index contributed by atoms with van der Waals surface area (Å²) in [5.74, 6) is 0.739. The fraction of sp³-hybridized carbons (Fsp3) is 0.588. The molecule has 0 aliphatic heterocycles. The van der Waals surface area contributed by atoms with Crippen molar-refractivity contribution in [2.75, 3.05) is 5.32 Å². The fourth-order valence-corrected chi connectivity index (χ4v) is 3.39. The van der Waals surface area contributed by atoms with Crippen LogP contribution in [0.25, 0.3) is 0 Å². The number of alkyl halides is 1. The maximum Gasteiger partial charge on any atom is 0.224 e. The minimum absolute atomic E-state index is 0.164. The summed E-state index contributed by atoms with van der Waals surface area (Å²) in [6, 6.07) is 8.02.